The minimum atomic E-state index is -1.11. The Morgan fingerprint density at radius 2 is 1.35 bits per heavy atom. The molecule has 2 aliphatic heterocycles. The first-order valence-electron chi connectivity index (χ1n) is 32.9. The van der Waals surface area contributed by atoms with Gasteiger partial charge in [0.15, 0.2) is 0 Å². The molecule has 0 spiro atoms. The first kappa shape index (κ1) is 78.5. The van der Waals surface area contributed by atoms with Gasteiger partial charge < -0.3 is 66.8 Å². The largest absolute Gasteiger partial charge is 0.445 e. The van der Waals surface area contributed by atoms with Crippen LogP contribution in [-0.4, -0.2) is 192 Å². The Morgan fingerprint density at radius 1 is 0.713 bits per heavy atom. The number of nitrogens with zero attached hydrogens (tertiary/aromatic N) is 4. The summed E-state index contributed by atoms with van der Waals surface area (Å²) in [5, 5.41) is 27.6. The number of amides is 12. The summed E-state index contributed by atoms with van der Waals surface area (Å²) >= 11 is 0. The van der Waals surface area contributed by atoms with E-state index in [1.807, 2.05) is 32.0 Å². The summed E-state index contributed by atoms with van der Waals surface area (Å²) in [5.74, 6) is -6.02. The minimum absolute atomic E-state index is 0.0841. The number of nitrogens with two attached hydrogens (primary N) is 1. The fourth-order valence-electron chi connectivity index (χ4n) is 12.1. The zero-order chi connectivity index (χ0) is 70.1. The third-order valence-electron chi connectivity index (χ3n) is 17.7. The van der Waals surface area contributed by atoms with Crippen molar-refractivity contribution in [2.45, 2.75) is 201 Å². The Balaban J connectivity index is 1.37. The summed E-state index contributed by atoms with van der Waals surface area (Å²) in [6.45, 7) is 18.6. The number of urea groups is 1. The first-order valence-corrected chi connectivity index (χ1v) is 32.9. The summed E-state index contributed by atoms with van der Waals surface area (Å²) in [4.78, 5) is 152. The third kappa shape index (κ3) is 22.9. The molecule has 2 aromatic carbocycles. The third-order valence-corrected chi connectivity index (χ3v) is 17.7. The molecule has 26 heteroatoms. The number of likely N-dealkylation sites (N-methyl/N-ethyl adjacent to an activating group) is 2. The van der Waals surface area contributed by atoms with Crippen LogP contribution < -0.4 is 37.6 Å². The quantitative estimate of drug-likeness (QED) is 0.0321. The highest BCUT2D eigenvalue weighted by Crippen LogP contribution is 2.31. The van der Waals surface area contributed by atoms with Gasteiger partial charge in [-0.05, 0) is 92.4 Å². The number of aliphatic hydroxyl groups is 1. The van der Waals surface area contributed by atoms with E-state index >= 15 is 0 Å². The number of nitrogens with one attached hydrogen (secondary N) is 6. The number of anilines is 1. The lowest BCUT2D eigenvalue weighted by molar-refractivity contribution is -0.148. The highest BCUT2D eigenvalue weighted by molar-refractivity contribution is 6.12. The fraction of sp³-hybridized carbons (Fsp3) is 0.632. The average Bonchev–Trinajstić information content (AvgIpc) is 1.33. The zero-order valence-corrected chi connectivity index (χ0v) is 57.4. The Morgan fingerprint density at radius 3 is 1.93 bits per heavy atom. The maximum absolute atomic E-state index is 14.8. The molecular weight excluding hydrogens is 1210 g/mol. The van der Waals surface area contributed by atoms with Crippen molar-refractivity contribution in [3.63, 3.8) is 0 Å². The number of carbonyl (C=O) groups is 11. The SMILES string of the molecule is CC[C@H](C)[C@@H]([C@@H](CC(=O)N1CCC[C@H]1[C@H](OC)[C@@H](C)C(=O)N[C@H](C)[C@H](O)c1ccccc1)OC)N(C)C(=O)[C@@H](NC(=O)C(C(C)C)N(C)C(=O)OCc1ccc(NC(=O)[C@H](CCCNC(N)=O)NC(=O)[C@H](NC(=O)CCCCCN2C(=O)C=CC2=O)C(C)C)cc1)C(C)C. The smallest absolute Gasteiger partial charge is 0.410 e. The number of benzene rings is 2. The van der Waals surface area contributed by atoms with Crippen molar-refractivity contribution in [1.82, 2.24) is 46.2 Å². The number of aliphatic hydroxyl groups excluding tert-OH is 1. The highest BCUT2D eigenvalue weighted by atomic mass is 16.6. The summed E-state index contributed by atoms with van der Waals surface area (Å²) in [7, 11) is 6.08. The summed E-state index contributed by atoms with van der Waals surface area (Å²) in [6, 6.07) is 8.74. The van der Waals surface area contributed by atoms with E-state index in [-0.39, 0.29) is 86.8 Å². The second-order valence-electron chi connectivity index (χ2n) is 25.8. The van der Waals surface area contributed by atoms with Crippen LogP contribution >= 0.6 is 0 Å². The van der Waals surface area contributed by atoms with E-state index in [9.17, 15) is 57.8 Å². The van der Waals surface area contributed by atoms with Crippen LogP contribution in [-0.2, 0) is 64.0 Å². The van der Waals surface area contributed by atoms with Crippen LogP contribution in [0.4, 0.5) is 15.3 Å². The van der Waals surface area contributed by atoms with Crippen LogP contribution in [0.25, 0.3) is 0 Å². The normalized spacial score (nSPS) is 17.4. The van der Waals surface area contributed by atoms with E-state index in [1.165, 1.54) is 38.3 Å². The molecule has 1 unspecified atom stereocenters. The fourth-order valence-corrected chi connectivity index (χ4v) is 12.1. The molecular formula is C68H105N11O15. The van der Waals surface area contributed by atoms with Gasteiger partial charge in [-0.3, -0.25) is 53.0 Å². The van der Waals surface area contributed by atoms with E-state index in [2.05, 4.69) is 31.9 Å². The van der Waals surface area contributed by atoms with E-state index in [0.29, 0.717) is 61.9 Å². The van der Waals surface area contributed by atoms with Gasteiger partial charge in [0.25, 0.3) is 11.8 Å². The van der Waals surface area contributed by atoms with Crippen molar-refractivity contribution in [1.29, 1.82) is 0 Å². The Kier molecular flexibility index (Phi) is 32.1. The molecule has 0 aromatic heterocycles. The van der Waals surface area contributed by atoms with Crippen molar-refractivity contribution < 1.29 is 72.1 Å². The van der Waals surface area contributed by atoms with E-state index in [0.717, 1.165) is 4.90 Å². The number of hydrogen-bond acceptors (Lipinski definition) is 15. The lowest BCUT2D eigenvalue weighted by Gasteiger charge is -2.41. The second-order valence-corrected chi connectivity index (χ2v) is 25.8. The van der Waals surface area contributed by atoms with Crippen LogP contribution in [0.5, 0.6) is 0 Å². The lowest BCUT2D eigenvalue weighted by atomic mass is 9.89. The maximum atomic E-state index is 14.8. The number of likely N-dealkylation sites (tertiary alicyclic amines) is 1. The Bertz CT molecular complexity index is 2880. The van der Waals surface area contributed by atoms with E-state index in [4.69, 9.17) is 19.9 Å². The number of unbranched alkanes of at least 4 members (excludes halogenated alkanes) is 2. The zero-order valence-electron chi connectivity index (χ0n) is 57.4. The topological polar surface area (TPSA) is 347 Å². The number of rotatable bonds is 38. The molecule has 0 bridgehead atoms. The van der Waals surface area contributed by atoms with Gasteiger partial charge >= 0.3 is 12.1 Å². The molecule has 2 aliphatic rings. The number of ether oxygens (including phenoxy) is 3. The lowest BCUT2D eigenvalue weighted by Crippen LogP contribution is -2.60. The monoisotopic (exact) mass is 1320 g/mol. The van der Waals surface area contributed by atoms with Gasteiger partial charge in [-0.2, -0.15) is 0 Å². The van der Waals surface area contributed by atoms with Gasteiger partial charge in [-0.1, -0.05) is 118 Å². The van der Waals surface area contributed by atoms with Crippen molar-refractivity contribution in [3.05, 3.63) is 77.9 Å². The maximum Gasteiger partial charge on any atom is 0.410 e. The van der Waals surface area contributed by atoms with Crippen molar-refractivity contribution in [2.75, 3.05) is 53.3 Å². The molecule has 0 saturated carbocycles. The number of hydrogen-bond donors (Lipinski definition) is 8. The molecule has 94 heavy (non-hydrogen) atoms. The van der Waals surface area contributed by atoms with Crippen molar-refractivity contribution >= 4 is 71.0 Å². The predicted molar refractivity (Wildman–Crippen MR) is 353 cm³/mol. The predicted octanol–water partition coefficient (Wildman–Crippen LogP) is 5.08. The van der Waals surface area contributed by atoms with Crippen molar-refractivity contribution in [2.24, 2.45) is 35.3 Å². The van der Waals surface area contributed by atoms with Crippen LogP contribution in [0.15, 0.2) is 66.7 Å². The Labute approximate surface area is 554 Å². The molecule has 0 radical (unpaired) electrons. The average molecular weight is 1320 g/mol. The summed E-state index contributed by atoms with van der Waals surface area (Å²) < 4.78 is 17.7. The minimum Gasteiger partial charge on any atom is -0.445 e. The van der Waals surface area contributed by atoms with Crippen LogP contribution in [0.1, 0.15) is 151 Å². The molecule has 12 amide bonds. The van der Waals surface area contributed by atoms with Crippen LogP contribution in [0.2, 0.25) is 0 Å². The molecule has 12 atom stereocenters. The summed E-state index contributed by atoms with van der Waals surface area (Å²) in [5.41, 5.74) is 6.77. The van der Waals surface area contributed by atoms with Gasteiger partial charge in [0.2, 0.25) is 41.4 Å². The number of imide groups is 1. The number of primary amides is 1. The number of carbonyl (C=O) groups excluding carboxylic acids is 11. The van der Waals surface area contributed by atoms with Gasteiger partial charge in [0, 0.05) is 72.2 Å². The molecule has 4 rings (SSSR count). The van der Waals surface area contributed by atoms with Gasteiger partial charge in [-0.15, -0.1) is 0 Å². The standard InChI is InChI=1S/C68H105N11O15/c1-15-43(8)59(51(92-13)38-55(83)78-37-23-27-50(78)61(93-14)44(9)62(85)71-45(10)60(84)47-24-18-16-19-25-47)76(11)66(89)57(41(4)5)75-65(88)58(42(6)7)77(12)68(91)94-39-46-29-31-48(32-30-46)72-63(86)49(26-22-35-70-67(69)90)73-64(87)56(40(2)3)74-52(80)28-20-17-21-36-79-53(81)33-34-54(79)82/h16,18-19,24-25,29-34,40-45,49-51,56-61,84H,15,17,20-23,26-28,35-39H2,1-14H3,(H,71,85)(H,72,86)(H,73,87)(H,74,80)(H,75,88)(H3,69,70,90)/t43-,44+,45+,49-,50-,51+,56+,57-,58?,59-,60-,61+/m0/s1. The summed E-state index contributed by atoms with van der Waals surface area (Å²) in [6.07, 6.45) is 2.94. The highest BCUT2D eigenvalue weighted by Gasteiger charge is 2.44. The van der Waals surface area contributed by atoms with Crippen LogP contribution in [0, 0.1) is 29.6 Å². The molecule has 1 saturated heterocycles. The number of methoxy groups -OCH3 is 2. The van der Waals surface area contributed by atoms with E-state index < -0.39 is 114 Å². The molecule has 2 heterocycles. The van der Waals surface area contributed by atoms with Gasteiger partial charge in [0.05, 0.1) is 48.8 Å². The van der Waals surface area contributed by atoms with Gasteiger partial charge in [-0.25, -0.2) is 9.59 Å². The van der Waals surface area contributed by atoms with Crippen LogP contribution in [0.3, 0.4) is 0 Å². The molecule has 0 aliphatic carbocycles. The molecule has 26 nitrogen and oxygen atoms in total. The first-order chi connectivity index (χ1) is 44.5. The molecule has 2 aromatic rings. The molecule has 9 N–H and O–H groups in total. The molecule has 522 valence electrons. The van der Waals surface area contributed by atoms with Gasteiger partial charge in [0.1, 0.15) is 30.8 Å². The Hall–Kier alpha value is -7.97. The van der Waals surface area contributed by atoms with E-state index in [1.54, 1.807) is 109 Å². The van der Waals surface area contributed by atoms with Crippen molar-refractivity contribution in [3.8, 4) is 0 Å². The second kappa shape index (κ2) is 38.4. The molecule has 1 fully saturated rings.